The minimum absolute atomic E-state index is 1.21. The Morgan fingerprint density at radius 3 is 1.91 bits per heavy atom. The van der Waals surface area contributed by atoms with Crippen LogP contribution in [-0.4, -0.2) is 6.16 Å². The van der Waals surface area contributed by atoms with Crippen LogP contribution in [0.1, 0.15) is 19.8 Å². The summed E-state index contributed by atoms with van der Waals surface area (Å²) in [5, 5.41) is 4.29. The molecule has 3 rings (SSSR count). The van der Waals surface area contributed by atoms with E-state index in [1.54, 1.807) is 0 Å². The normalized spacial score (nSPS) is 13.5. The summed E-state index contributed by atoms with van der Waals surface area (Å²) in [5.41, 5.74) is 0. The van der Waals surface area contributed by atoms with E-state index in [9.17, 15) is 0 Å². The summed E-state index contributed by atoms with van der Waals surface area (Å²) in [4.78, 5) is 0. The number of allylic oxidation sites excluding steroid dienone is 6. The zero-order chi connectivity index (χ0) is 16.0. The molecule has 0 atom stereocenters. The van der Waals surface area contributed by atoms with Crippen molar-refractivity contribution in [1.29, 1.82) is 0 Å². The van der Waals surface area contributed by atoms with Crippen molar-refractivity contribution in [2.75, 3.05) is 6.16 Å². The van der Waals surface area contributed by atoms with Crippen LogP contribution in [0.25, 0.3) is 0 Å². The Balaban J connectivity index is 2.23. The molecule has 0 bridgehead atoms. The average molecular weight is 318 g/mol. The van der Waals surface area contributed by atoms with Gasteiger partial charge in [0.05, 0.1) is 24.4 Å². The van der Waals surface area contributed by atoms with Gasteiger partial charge in [-0.3, -0.25) is 0 Å². The monoisotopic (exact) mass is 318 g/mol. The highest BCUT2D eigenvalue weighted by Gasteiger charge is 2.49. The van der Waals surface area contributed by atoms with Crippen molar-refractivity contribution < 1.29 is 0 Å². The predicted molar refractivity (Wildman–Crippen MR) is 104 cm³/mol. The minimum Gasteiger partial charge on any atom is -0.0652 e. The molecular weight excluding hydrogens is 295 g/mol. The maximum absolute atomic E-state index is 3.56. The van der Waals surface area contributed by atoms with Crippen LogP contribution in [0.2, 0.25) is 0 Å². The van der Waals surface area contributed by atoms with E-state index < -0.39 is 7.26 Å². The van der Waals surface area contributed by atoms with E-state index >= 15 is 0 Å². The lowest BCUT2D eigenvalue weighted by atomic mass is 10.3. The lowest BCUT2D eigenvalue weighted by Crippen LogP contribution is -2.26. The van der Waals surface area contributed by atoms with Crippen LogP contribution in [0.5, 0.6) is 0 Å². The highest BCUT2D eigenvalue weighted by atomic mass is 31.2. The van der Waals surface area contributed by atoms with E-state index in [0.29, 0.717) is 0 Å². The van der Waals surface area contributed by atoms with Crippen LogP contribution in [0.4, 0.5) is 0 Å². The highest BCUT2D eigenvalue weighted by molar-refractivity contribution is 7.93. The number of hydrogen-bond donors (Lipinski definition) is 0. The molecule has 0 heterocycles. The van der Waals surface area contributed by atoms with Crippen molar-refractivity contribution in [3.8, 4) is 0 Å². The molecule has 0 amide bonds. The molecule has 0 spiro atoms. The first-order valence-electron chi connectivity index (χ1n) is 8.34. The van der Waals surface area contributed by atoms with Crippen molar-refractivity contribution in [3.63, 3.8) is 0 Å². The van der Waals surface area contributed by atoms with E-state index in [4.69, 9.17) is 0 Å². The van der Waals surface area contributed by atoms with Gasteiger partial charge in [-0.15, -0.1) is 0 Å². The van der Waals surface area contributed by atoms with Crippen molar-refractivity contribution in [2.45, 2.75) is 19.8 Å². The molecule has 2 aromatic carbocycles. The third kappa shape index (κ3) is 3.20. The van der Waals surface area contributed by atoms with Crippen molar-refractivity contribution in [3.05, 3.63) is 96.4 Å². The van der Waals surface area contributed by atoms with Gasteiger partial charge in [0, 0.05) is 6.08 Å². The van der Waals surface area contributed by atoms with Crippen LogP contribution in [-0.2, 0) is 0 Å². The van der Waals surface area contributed by atoms with Gasteiger partial charge in [0.15, 0.2) is 0 Å². The van der Waals surface area contributed by atoms with Crippen molar-refractivity contribution in [2.24, 2.45) is 0 Å². The Bertz CT molecular complexity index is 669. The van der Waals surface area contributed by atoms with E-state index in [2.05, 4.69) is 98.0 Å². The molecule has 1 aliphatic carbocycles. The number of hydrogen-bond acceptors (Lipinski definition) is 0. The lowest BCUT2D eigenvalue weighted by molar-refractivity contribution is 0.891. The largest absolute Gasteiger partial charge is 0.261 e. The molecule has 1 heteroatoms. The van der Waals surface area contributed by atoms with Gasteiger partial charge in [0.1, 0.15) is 23.9 Å². The summed E-state index contributed by atoms with van der Waals surface area (Å²) in [6.07, 6.45) is 15.8. The molecule has 0 saturated heterocycles. The quantitative estimate of drug-likeness (QED) is 0.503. The van der Waals surface area contributed by atoms with Crippen LogP contribution in [0.15, 0.2) is 90.3 Å². The van der Waals surface area contributed by atoms with Gasteiger partial charge in [0.25, 0.3) is 5.31 Å². The van der Waals surface area contributed by atoms with Gasteiger partial charge in [-0.2, -0.15) is 0 Å². The van der Waals surface area contributed by atoms with Gasteiger partial charge < -0.3 is 0 Å². The minimum atomic E-state index is -1.63. The van der Waals surface area contributed by atoms with Gasteiger partial charge in [0.2, 0.25) is 0 Å². The average Bonchev–Trinajstić information content (AvgIpc) is 2.65. The van der Waals surface area contributed by atoms with Crippen LogP contribution in [0, 0.1) is 6.08 Å². The molecule has 0 radical (unpaired) electrons. The summed E-state index contributed by atoms with van der Waals surface area (Å²) in [7, 11) is -1.63. The molecule has 0 aromatic heterocycles. The molecule has 2 aromatic rings. The third-order valence-electron chi connectivity index (χ3n) is 4.34. The summed E-state index contributed by atoms with van der Waals surface area (Å²) in [6, 6.07) is 22.1. The van der Waals surface area contributed by atoms with E-state index in [1.165, 1.54) is 34.9 Å². The molecule has 0 N–H and O–H groups in total. The highest BCUT2D eigenvalue weighted by Crippen LogP contribution is 2.64. The van der Waals surface area contributed by atoms with Gasteiger partial charge in [-0.05, 0) is 30.7 Å². The van der Waals surface area contributed by atoms with Crippen molar-refractivity contribution in [1.82, 2.24) is 0 Å². The second kappa shape index (κ2) is 7.51. The summed E-state index contributed by atoms with van der Waals surface area (Å²) < 4.78 is 0. The molecule has 0 unspecified atom stereocenters. The smallest absolute Gasteiger partial charge is 0.0652 e. The number of rotatable bonds is 6. The number of benzene rings is 2. The second-order valence-electron chi connectivity index (χ2n) is 5.81. The first-order valence-corrected chi connectivity index (χ1v) is 10.3. The Kier molecular flexibility index (Phi) is 5.19. The SMILES string of the molecule is CCCC[P+](C1=CC=CC=[C+]1)(c1ccccc1)c1ccccc1. The zero-order valence-corrected chi connectivity index (χ0v) is 14.5. The van der Waals surface area contributed by atoms with Gasteiger partial charge in [-0.1, -0.05) is 49.7 Å². The molecule has 0 fully saturated rings. The fraction of sp³-hybridized carbons (Fsp3) is 0.182. The molecule has 23 heavy (non-hydrogen) atoms. The van der Waals surface area contributed by atoms with Gasteiger partial charge >= 0.3 is 0 Å². The second-order valence-corrected chi connectivity index (χ2v) is 9.39. The molecule has 0 saturated carbocycles. The Morgan fingerprint density at radius 1 is 0.826 bits per heavy atom. The predicted octanol–water partition coefficient (Wildman–Crippen LogP) is 5.27. The lowest BCUT2D eigenvalue weighted by Gasteiger charge is -2.25. The molecule has 1 aliphatic rings. The van der Waals surface area contributed by atoms with Crippen LogP contribution < -0.4 is 10.6 Å². The van der Waals surface area contributed by atoms with Crippen LogP contribution >= 0.6 is 7.26 Å². The van der Waals surface area contributed by atoms with E-state index in [-0.39, 0.29) is 0 Å². The number of unbranched alkanes of at least 4 members (excludes halogenated alkanes) is 1. The Hall–Kier alpha value is -2.00. The first-order chi connectivity index (χ1) is 11.4. The Morgan fingerprint density at radius 2 is 1.43 bits per heavy atom. The molecule has 0 nitrogen and oxygen atoms in total. The summed E-state index contributed by atoms with van der Waals surface area (Å²) in [6.45, 7) is 2.28. The topological polar surface area (TPSA) is 0 Å². The fourth-order valence-corrected chi connectivity index (χ4v) is 7.59. The molecule has 0 aliphatic heterocycles. The fourth-order valence-electron chi connectivity index (χ4n) is 3.19. The van der Waals surface area contributed by atoms with Gasteiger partial charge in [-0.25, -0.2) is 0 Å². The first kappa shape index (κ1) is 15.9. The summed E-state index contributed by atoms with van der Waals surface area (Å²) >= 11 is 0. The molecule has 114 valence electrons. The summed E-state index contributed by atoms with van der Waals surface area (Å²) in [5.74, 6) is 0. The third-order valence-corrected chi connectivity index (χ3v) is 8.79. The van der Waals surface area contributed by atoms with E-state index in [1.807, 2.05) is 0 Å². The van der Waals surface area contributed by atoms with Crippen molar-refractivity contribution >= 4 is 17.9 Å². The standard InChI is InChI=1S/C22H23P/c1-2-3-19-23(20-13-7-4-8-14-20,21-15-9-5-10-16-21)22-17-11-6-12-18-22/h4-17H,2-3,19H2,1H3/q+2. The Labute approximate surface area is 140 Å². The zero-order valence-electron chi connectivity index (χ0n) is 13.7. The maximum Gasteiger partial charge on any atom is 0.261 e. The maximum atomic E-state index is 3.56. The van der Waals surface area contributed by atoms with Crippen LogP contribution in [0.3, 0.4) is 0 Å². The molecular formula is C22H23P+2. The van der Waals surface area contributed by atoms with E-state index in [0.717, 1.165) is 0 Å².